The van der Waals surface area contributed by atoms with Crippen LogP contribution in [0, 0.1) is 6.92 Å². The van der Waals surface area contributed by atoms with Crippen LogP contribution in [0.3, 0.4) is 0 Å². The molecule has 1 aliphatic carbocycles. The van der Waals surface area contributed by atoms with Gasteiger partial charge in [0.15, 0.2) is 0 Å². The normalized spacial score (nSPS) is 21.7. The minimum absolute atomic E-state index is 0.771. The van der Waals surface area contributed by atoms with Crippen molar-refractivity contribution in [1.29, 1.82) is 0 Å². The maximum absolute atomic E-state index is 3.72. The van der Waals surface area contributed by atoms with E-state index in [2.05, 4.69) is 42.8 Å². The molecule has 2 heteroatoms. The highest BCUT2D eigenvalue weighted by molar-refractivity contribution is 7.98. The number of nitrogens with one attached hydrogen (secondary N) is 1. The van der Waals surface area contributed by atoms with Crippen LogP contribution in [0.4, 0.5) is 0 Å². The highest BCUT2D eigenvalue weighted by atomic mass is 32.2. The van der Waals surface area contributed by atoms with Crippen LogP contribution >= 0.6 is 11.8 Å². The van der Waals surface area contributed by atoms with Gasteiger partial charge in [-0.2, -0.15) is 11.8 Å². The van der Waals surface area contributed by atoms with E-state index in [0.717, 1.165) is 12.0 Å². The zero-order valence-corrected chi connectivity index (χ0v) is 13.8. The molecule has 1 N–H and O–H groups in total. The van der Waals surface area contributed by atoms with Gasteiger partial charge in [0.2, 0.25) is 0 Å². The van der Waals surface area contributed by atoms with Gasteiger partial charge < -0.3 is 5.32 Å². The van der Waals surface area contributed by atoms with Gasteiger partial charge in [0.1, 0.15) is 0 Å². The minimum atomic E-state index is 0.771. The van der Waals surface area contributed by atoms with Crippen LogP contribution in [0.1, 0.15) is 55.6 Å². The summed E-state index contributed by atoms with van der Waals surface area (Å²) in [6.45, 7) is 3.37. The molecule has 1 nitrogen and oxygen atoms in total. The summed E-state index contributed by atoms with van der Waals surface area (Å²) < 4.78 is 0. The van der Waals surface area contributed by atoms with Gasteiger partial charge in [0, 0.05) is 6.04 Å². The summed E-state index contributed by atoms with van der Waals surface area (Å²) >= 11 is 1.97. The van der Waals surface area contributed by atoms with Crippen molar-refractivity contribution in [1.82, 2.24) is 5.32 Å². The zero-order chi connectivity index (χ0) is 14.2. The van der Waals surface area contributed by atoms with Crippen LogP contribution in [0.5, 0.6) is 0 Å². The number of rotatable bonds is 9. The molecule has 0 radical (unpaired) electrons. The van der Waals surface area contributed by atoms with Crippen LogP contribution in [0.15, 0.2) is 24.3 Å². The Morgan fingerprint density at radius 1 is 1.05 bits per heavy atom. The van der Waals surface area contributed by atoms with E-state index < -0.39 is 0 Å². The maximum Gasteiger partial charge on any atom is 0.00787 e. The van der Waals surface area contributed by atoms with E-state index in [0.29, 0.717) is 0 Å². The van der Waals surface area contributed by atoms with Crippen molar-refractivity contribution in [3.05, 3.63) is 35.4 Å². The van der Waals surface area contributed by atoms with Crippen molar-refractivity contribution in [2.75, 3.05) is 18.6 Å². The smallest absolute Gasteiger partial charge is 0.00787 e. The van der Waals surface area contributed by atoms with Gasteiger partial charge in [0.05, 0.1) is 0 Å². The van der Waals surface area contributed by atoms with E-state index in [-0.39, 0.29) is 0 Å². The molecule has 1 saturated carbocycles. The molecule has 112 valence electrons. The lowest BCUT2D eigenvalue weighted by molar-refractivity contribution is 0.289. The molecule has 0 spiro atoms. The number of thioether (sulfide) groups is 1. The molecule has 0 heterocycles. The van der Waals surface area contributed by atoms with E-state index in [9.17, 15) is 0 Å². The third-order valence-corrected chi connectivity index (χ3v) is 5.09. The predicted octanol–water partition coefficient (Wildman–Crippen LogP) is 4.75. The molecule has 0 aromatic heterocycles. The SMILES string of the molecule is CSCCCCCCNC1CC(c2ccc(C)cc2)C1. The van der Waals surface area contributed by atoms with Crippen molar-refractivity contribution < 1.29 is 0 Å². The Bertz CT molecular complexity index is 368. The lowest BCUT2D eigenvalue weighted by Gasteiger charge is -2.36. The first kappa shape index (κ1) is 15.9. The third-order valence-electron chi connectivity index (χ3n) is 4.40. The van der Waals surface area contributed by atoms with Crippen LogP contribution in [-0.2, 0) is 0 Å². The topological polar surface area (TPSA) is 12.0 Å². The fourth-order valence-electron chi connectivity index (χ4n) is 2.93. The van der Waals surface area contributed by atoms with Gasteiger partial charge in [-0.3, -0.25) is 0 Å². The van der Waals surface area contributed by atoms with Gasteiger partial charge in [-0.15, -0.1) is 0 Å². The number of hydrogen-bond donors (Lipinski definition) is 1. The van der Waals surface area contributed by atoms with Crippen LogP contribution in [0.2, 0.25) is 0 Å². The molecule has 0 aliphatic heterocycles. The quantitative estimate of drug-likeness (QED) is 0.659. The number of aryl methyl sites for hydroxylation is 1. The Balaban J connectivity index is 1.50. The maximum atomic E-state index is 3.72. The fourth-order valence-corrected chi connectivity index (χ4v) is 3.42. The number of hydrogen-bond acceptors (Lipinski definition) is 2. The van der Waals surface area contributed by atoms with E-state index in [1.807, 2.05) is 11.8 Å². The number of unbranched alkanes of at least 4 members (excludes halogenated alkanes) is 3. The molecule has 0 saturated heterocycles. The molecule has 0 atom stereocenters. The first-order valence-electron chi connectivity index (χ1n) is 8.08. The predicted molar refractivity (Wildman–Crippen MR) is 91.8 cm³/mol. The summed E-state index contributed by atoms with van der Waals surface area (Å²) in [5.41, 5.74) is 2.90. The molecule has 0 bridgehead atoms. The highest BCUT2D eigenvalue weighted by Crippen LogP contribution is 2.36. The Labute approximate surface area is 128 Å². The first-order chi connectivity index (χ1) is 9.79. The molecule has 1 aliphatic rings. The Morgan fingerprint density at radius 3 is 2.45 bits per heavy atom. The molecule has 1 fully saturated rings. The summed E-state index contributed by atoms with van der Waals surface area (Å²) in [6.07, 6.45) is 10.4. The van der Waals surface area contributed by atoms with Crippen LogP contribution in [0.25, 0.3) is 0 Å². The van der Waals surface area contributed by atoms with Crippen molar-refractivity contribution in [2.45, 2.75) is 57.4 Å². The third kappa shape index (κ3) is 5.14. The van der Waals surface area contributed by atoms with Crippen LogP contribution in [-0.4, -0.2) is 24.6 Å². The Kier molecular flexibility index (Phi) is 6.95. The van der Waals surface area contributed by atoms with Crippen molar-refractivity contribution in [3.63, 3.8) is 0 Å². The van der Waals surface area contributed by atoms with E-state index in [4.69, 9.17) is 0 Å². The molecule has 0 unspecified atom stereocenters. The highest BCUT2D eigenvalue weighted by Gasteiger charge is 2.29. The second-order valence-corrected chi connectivity index (χ2v) is 7.12. The zero-order valence-electron chi connectivity index (χ0n) is 13.0. The van der Waals surface area contributed by atoms with Crippen molar-refractivity contribution in [2.24, 2.45) is 0 Å². The minimum Gasteiger partial charge on any atom is -0.314 e. The molecular weight excluding hydrogens is 262 g/mol. The summed E-state index contributed by atoms with van der Waals surface area (Å²) in [5.74, 6) is 2.13. The second kappa shape index (κ2) is 8.74. The molecular formula is C18H29NS. The number of benzene rings is 1. The summed E-state index contributed by atoms with van der Waals surface area (Å²) in [5, 5.41) is 3.72. The van der Waals surface area contributed by atoms with E-state index in [1.165, 1.54) is 61.9 Å². The molecule has 1 aromatic carbocycles. The molecule has 20 heavy (non-hydrogen) atoms. The Morgan fingerprint density at radius 2 is 1.75 bits per heavy atom. The summed E-state index contributed by atoms with van der Waals surface area (Å²) in [4.78, 5) is 0. The van der Waals surface area contributed by atoms with Gasteiger partial charge in [-0.1, -0.05) is 42.7 Å². The van der Waals surface area contributed by atoms with Gasteiger partial charge in [-0.25, -0.2) is 0 Å². The molecule has 0 amide bonds. The lowest BCUT2D eigenvalue weighted by Crippen LogP contribution is -2.40. The van der Waals surface area contributed by atoms with E-state index in [1.54, 1.807) is 0 Å². The van der Waals surface area contributed by atoms with Crippen molar-refractivity contribution >= 4 is 11.8 Å². The largest absolute Gasteiger partial charge is 0.314 e. The molecule has 2 rings (SSSR count). The van der Waals surface area contributed by atoms with Gasteiger partial charge in [-0.05, 0) is 62.6 Å². The molecule has 1 aromatic rings. The van der Waals surface area contributed by atoms with Gasteiger partial charge >= 0.3 is 0 Å². The first-order valence-corrected chi connectivity index (χ1v) is 9.48. The standard InChI is InChI=1S/C18H29NS/c1-15-7-9-16(10-8-15)17-13-18(14-17)19-11-5-3-4-6-12-20-2/h7-10,17-19H,3-6,11-14H2,1-2H3. The van der Waals surface area contributed by atoms with E-state index >= 15 is 0 Å². The average molecular weight is 292 g/mol. The monoisotopic (exact) mass is 291 g/mol. The van der Waals surface area contributed by atoms with Crippen molar-refractivity contribution in [3.8, 4) is 0 Å². The van der Waals surface area contributed by atoms with Gasteiger partial charge in [0.25, 0.3) is 0 Å². The second-order valence-electron chi connectivity index (χ2n) is 6.14. The summed E-state index contributed by atoms with van der Waals surface area (Å²) in [6, 6.07) is 9.87. The fraction of sp³-hybridized carbons (Fsp3) is 0.667. The van der Waals surface area contributed by atoms with Crippen LogP contribution < -0.4 is 5.32 Å². The Hall–Kier alpha value is -0.470. The average Bonchev–Trinajstić information content (AvgIpc) is 2.41. The lowest BCUT2D eigenvalue weighted by atomic mass is 9.76. The summed E-state index contributed by atoms with van der Waals surface area (Å²) in [7, 11) is 0.